The molecule has 5 rings (SSSR count). The molecule has 3 aromatic heterocycles. The van der Waals surface area contributed by atoms with Crippen molar-refractivity contribution in [3.8, 4) is 0 Å². The van der Waals surface area contributed by atoms with Gasteiger partial charge < -0.3 is 15.4 Å². The van der Waals surface area contributed by atoms with Crippen LogP contribution in [0.2, 0.25) is 0 Å². The van der Waals surface area contributed by atoms with Crippen LogP contribution in [0.1, 0.15) is 19.3 Å². The van der Waals surface area contributed by atoms with E-state index in [9.17, 15) is 4.79 Å². The molecule has 154 valence electrons. The minimum Gasteiger partial charge on any atom is -0.384 e. The van der Waals surface area contributed by atoms with Gasteiger partial charge in [-0.2, -0.15) is 4.52 Å². The van der Waals surface area contributed by atoms with E-state index in [-0.39, 0.29) is 5.91 Å². The zero-order valence-corrected chi connectivity index (χ0v) is 17.8. The highest BCUT2D eigenvalue weighted by Gasteiger charge is 2.21. The lowest BCUT2D eigenvalue weighted by molar-refractivity contribution is -0.117. The Morgan fingerprint density at radius 1 is 1.30 bits per heavy atom. The highest BCUT2D eigenvalue weighted by Crippen LogP contribution is 2.33. The van der Waals surface area contributed by atoms with Crippen molar-refractivity contribution in [2.24, 2.45) is 0 Å². The van der Waals surface area contributed by atoms with Crippen molar-refractivity contribution in [3.63, 3.8) is 0 Å². The molecule has 3 heterocycles. The molecule has 2 N–H and O–H groups in total. The zero-order valence-electron chi connectivity index (χ0n) is 16.2. The number of rotatable bonds is 8. The molecule has 1 aromatic carbocycles. The molecule has 0 aliphatic heterocycles. The van der Waals surface area contributed by atoms with Crippen LogP contribution in [0.5, 0.6) is 0 Å². The number of aromatic nitrogens is 5. The predicted molar refractivity (Wildman–Crippen MR) is 116 cm³/mol. The number of hydrogen-bond donors (Lipinski definition) is 2. The van der Waals surface area contributed by atoms with E-state index in [1.807, 2.05) is 30.3 Å². The van der Waals surface area contributed by atoms with E-state index in [4.69, 9.17) is 4.74 Å². The Balaban J connectivity index is 1.35. The Morgan fingerprint density at radius 3 is 3.03 bits per heavy atom. The smallest absolute Gasteiger partial charge is 0.228 e. The number of fused-ring (bicyclic) bond motifs is 2. The number of ether oxygens (including phenoxy) is 1. The van der Waals surface area contributed by atoms with Gasteiger partial charge in [0.15, 0.2) is 10.8 Å². The van der Waals surface area contributed by atoms with E-state index < -0.39 is 0 Å². The highest BCUT2D eigenvalue weighted by molar-refractivity contribution is 7.99. The third kappa shape index (κ3) is 4.23. The normalized spacial score (nSPS) is 13.8. The van der Waals surface area contributed by atoms with E-state index >= 15 is 0 Å². The number of carbonyl (C=O) groups excluding carboxylic acids is 1. The number of nitrogens with one attached hydrogen (secondary N) is 2. The summed E-state index contributed by atoms with van der Waals surface area (Å²) in [4.78, 5) is 17.4. The first-order valence-corrected chi connectivity index (χ1v) is 11.2. The number of benzene rings is 1. The van der Waals surface area contributed by atoms with Crippen LogP contribution in [0.15, 0.2) is 40.4 Å². The van der Waals surface area contributed by atoms with Gasteiger partial charge in [-0.25, -0.2) is 4.98 Å². The summed E-state index contributed by atoms with van der Waals surface area (Å²) in [5.41, 5.74) is 1.55. The molecule has 1 saturated carbocycles. The Morgan fingerprint density at radius 2 is 2.20 bits per heavy atom. The van der Waals surface area contributed by atoms with E-state index in [1.165, 1.54) is 35.9 Å². The first-order chi connectivity index (χ1) is 14.7. The van der Waals surface area contributed by atoms with Crippen LogP contribution in [0.25, 0.3) is 15.9 Å². The summed E-state index contributed by atoms with van der Waals surface area (Å²) in [7, 11) is 1.57. The monoisotopic (exact) mass is 441 g/mol. The van der Waals surface area contributed by atoms with E-state index in [0.717, 1.165) is 20.9 Å². The summed E-state index contributed by atoms with van der Waals surface area (Å²) in [6.45, 7) is 0.385. The van der Waals surface area contributed by atoms with Crippen molar-refractivity contribution in [1.29, 1.82) is 0 Å². The minimum absolute atomic E-state index is 0.109. The molecule has 0 atom stereocenters. The first-order valence-electron chi connectivity index (χ1n) is 9.54. The van der Waals surface area contributed by atoms with Crippen molar-refractivity contribution in [2.75, 3.05) is 24.4 Å². The second-order valence-electron chi connectivity index (χ2n) is 6.93. The van der Waals surface area contributed by atoms with E-state index in [1.54, 1.807) is 11.6 Å². The van der Waals surface area contributed by atoms with Gasteiger partial charge in [0.1, 0.15) is 5.82 Å². The molecule has 0 saturated heterocycles. The molecule has 0 bridgehead atoms. The molecule has 9 nitrogen and oxygen atoms in total. The van der Waals surface area contributed by atoms with Crippen molar-refractivity contribution in [3.05, 3.63) is 30.3 Å². The summed E-state index contributed by atoms with van der Waals surface area (Å²) in [5.74, 6) is 0.723. The number of hydrogen-bond acceptors (Lipinski definition) is 9. The molecule has 1 aliphatic rings. The van der Waals surface area contributed by atoms with Gasteiger partial charge in [-0.05, 0) is 54.9 Å². The molecule has 1 aliphatic carbocycles. The van der Waals surface area contributed by atoms with Crippen LogP contribution in [0, 0.1) is 0 Å². The number of nitrogens with zero attached hydrogens (tertiary/aromatic N) is 5. The molecular formula is C19H19N7O2S2. The first kappa shape index (κ1) is 19.2. The van der Waals surface area contributed by atoms with Gasteiger partial charge >= 0.3 is 0 Å². The Labute approximate surface area is 180 Å². The highest BCUT2D eigenvalue weighted by atomic mass is 32.2. The lowest BCUT2D eigenvalue weighted by Gasteiger charge is -2.04. The summed E-state index contributed by atoms with van der Waals surface area (Å²) in [5, 5.41) is 20.6. The van der Waals surface area contributed by atoms with Crippen LogP contribution >= 0.6 is 23.1 Å². The number of thiazole rings is 1. The fraction of sp³-hybridized carbons (Fsp3) is 0.316. The fourth-order valence-corrected chi connectivity index (χ4v) is 4.67. The predicted octanol–water partition coefficient (Wildman–Crippen LogP) is 3.43. The standard InChI is InChI=1S/C19H19N7O2S2/c1-28-9-8-17(27)22-18-21-13-5-4-12(10-14(13)30-18)29-19-24-23-16-7-6-15(25-26(16)19)20-11-2-3-11/h4-7,10-11H,2-3,8-9H2,1H3,(H,20,25)(H,21,22,27). The molecule has 1 fully saturated rings. The average Bonchev–Trinajstić information content (AvgIpc) is 3.33. The number of methoxy groups -OCH3 is 1. The summed E-state index contributed by atoms with van der Waals surface area (Å²) in [6, 6.07) is 10.3. The number of amides is 1. The lowest BCUT2D eigenvalue weighted by atomic mass is 10.3. The van der Waals surface area contributed by atoms with Crippen LogP contribution in [0.4, 0.5) is 10.9 Å². The van der Waals surface area contributed by atoms with Gasteiger partial charge in [0, 0.05) is 18.0 Å². The quantitative estimate of drug-likeness (QED) is 0.428. The second-order valence-corrected chi connectivity index (χ2v) is 9.00. The Kier molecular flexibility index (Phi) is 5.23. The molecule has 0 radical (unpaired) electrons. The maximum absolute atomic E-state index is 11.9. The SMILES string of the molecule is COCCC(=O)Nc1nc2ccc(Sc3nnc4ccc(NC5CC5)nn34)cc2s1. The third-order valence-corrected chi connectivity index (χ3v) is 6.37. The summed E-state index contributed by atoms with van der Waals surface area (Å²) in [6.07, 6.45) is 2.68. The molecule has 0 spiro atoms. The van der Waals surface area contributed by atoms with Gasteiger partial charge in [0.2, 0.25) is 11.1 Å². The molecule has 11 heteroatoms. The van der Waals surface area contributed by atoms with Gasteiger partial charge in [-0.15, -0.1) is 15.3 Å². The van der Waals surface area contributed by atoms with Gasteiger partial charge in [0.25, 0.3) is 0 Å². The topological polar surface area (TPSA) is 106 Å². The van der Waals surface area contributed by atoms with Crippen LogP contribution in [0.3, 0.4) is 0 Å². The minimum atomic E-state index is -0.109. The second kappa shape index (κ2) is 8.17. The molecular weight excluding hydrogens is 422 g/mol. The van der Waals surface area contributed by atoms with Crippen LogP contribution in [-0.2, 0) is 9.53 Å². The van der Waals surface area contributed by atoms with Gasteiger partial charge in [0.05, 0.1) is 23.2 Å². The average molecular weight is 442 g/mol. The molecule has 1 amide bonds. The van der Waals surface area contributed by atoms with Crippen molar-refractivity contribution in [1.82, 2.24) is 24.8 Å². The maximum atomic E-state index is 11.9. The van der Waals surface area contributed by atoms with Gasteiger partial charge in [-0.1, -0.05) is 11.3 Å². The lowest BCUT2D eigenvalue weighted by Crippen LogP contribution is -2.13. The summed E-state index contributed by atoms with van der Waals surface area (Å²) < 4.78 is 7.68. The van der Waals surface area contributed by atoms with Crippen molar-refractivity contribution >= 4 is 55.8 Å². The molecule has 30 heavy (non-hydrogen) atoms. The van der Waals surface area contributed by atoms with Gasteiger partial charge in [-0.3, -0.25) is 4.79 Å². The largest absolute Gasteiger partial charge is 0.384 e. The maximum Gasteiger partial charge on any atom is 0.228 e. The fourth-order valence-electron chi connectivity index (χ4n) is 2.85. The van der Waals surface area contributed by atoms with Crippen LogP contribution < -0.4 is 10.6 Å². The summed E-state index contributed by atoms with van der Waals surface area (Å²) >= 11 is 2.93. The molecule has 0 unspecified atom stereocenters. The number of anilines is 2. The third-order valence-electron chi connectivity index (χ3n) is 4.51. The Bertz CT molecular complexity index is 1220. The van der Waals surface area contributed by atoms with Crippen LogP contribution in [-0.4, -0.2) is 50.5 Å². The molecule has 4 aromatic rings. The number of carbonyl (C=O) groups is 1. The van der Waals surface area contributed by atoms with E-state index in [2.05, 4.69) is 30.9 Å². The Hall–Kier alpha value is -2.76. The van der Waals surface area contributed by atoms with Crippen molar-refractivity contribution in [2.45, 2.75) is 35.4 Å². The van der Waals surface area contributed by atoms with E-state index in [0.29, 0.717) is 35.0 Å². The zero-order chi connectivity index (χ0) is 20.5. The van der Waals surface area contributed by atoms with Crippen molar-refractivity contribution < 1.29 is 9.53 Å².